The molecule has 1 saturated heterocycles. The maximum Gasteiger partial charge on any atom is 0.300 e. The minimum absolute atomic E-state index is 0.0379. The van der Waals surface area contributed by atoms with Gasteiger partial charge in [0.2, 0.25) is 0 Å². The molecule has 9 heteroatoms. The molecule has 3 aromatic rings. The zero-order valence-corrected chi connectivity index (χ0v) is 19.9. The Bertz CT molecular complexity index is 1340. The van der Waals surface area contributed by atoms with Crippen LogP contribution in [-0.4, -0.2) is 43.2 Å². The quantitative estimate of drug-likeness (QED) is 0.290. The Morgan fingerprint density at radius 1 is 0.886 bits per heavy atom. The van der Waals surface area contributed by atoms with E-state index >= 15 is 0 Å². The van der Waals surface area contributed by atoms with E-state index in [9.17, 15) is 19.8 Å². The number of aliphatic hydroxyl groups excluding tert-OH is 1. The fourth-order valence-electron chi connectivity index (χ4n) is 4.05. The van der Waals surface area contributed by atoms with Crippen LogP contribution in [-0.2, 0) is 9.59 Å². The summed E-state index contributed by atoms with van der Waals surface area (Å²) >= 11 is 6.23. The van der Waals surface area contributed by atoms with Crippen LogP contribution in [0.2, 0.25) is 5.02 Å². The Labute approximate surface area is 206 Å². The Balaban J connectivity index is 1.99. The lowest BCUT2D eigenvalue weighted by atomic mass is 9.94. The van der Waals surface area contributed by atoms with Crippen molar-refractivity contribution >= 4 is 34.7 Å². The predicted octanol–water partition coefficient (Wildman–Crippen LogP) is 4.70. The highest BCUT2D eigenvalue weighted by Crippen LogP contribution is 2.46. The predicted molar refractivity (Wildman–Crippen MR) is 130 cm³/mol. The first-order valence-corrected chi connectivity index (χ1v) is 10.8. The second kappa shape index (κ2) is 9.60. The Morgan fingerprint density at radius 3 is 2.17 bits per heavy atom. The minimum atomic E-state index is -1.06. The first kappa shape index (κ1) is 24.0. The third-order valence-corrected chi connectivity index (χ3v) is 6.01. The molecule has 0 aromatic heterocycles. The van der Waals surface area contributed by atoms with E-state index in [2.05, 4.69) is 0 Å². The number of carbonyl (C=O) groups is 2. The lowest BCUT2D eigenvalue weighted by Gasteiger charge is -2.26. The fourth-order valence-corrected chi connectivity index (χ4v) is 4.27. The number of aliphatic hydroxyl groups is 1. The number of hydrogen-bond donors (Lipinski definition) is 2. The summed E-state index contributed by atoms with van der Waals surface area (Å²) in [7, 11) is 4.28. The zero-order chi connectivity index (χ0) is 25.3. The smallest absolute Gasteiger partial charge is 0.300 e. The van der Waals surface area contributed by atoms with Crippen molar-refractivity contribution in [3.05, 3.63) is 82.4 Å². The van der Waals surface area contributed by atoms with Crippen molar-refractivity contribution in [2.45, 2.75) is 6.04 Å². The Kier molecular flexibility index (Phi) is 6.57. The van der Waals surface area contributed by atoms with Crippen molar-refractivity contribution < 1.29 is 34.0 Å². The summed E-state index contributed by atoms with van der Waals surface area (Å²) in [6.45, 7) is 0. The molecule has 1 unspecified atom stereocenters. The standard InChI is InChI=1S/C26H22ClNO7/c1-33-18-10-9-14(12-19(18)34-2)23(29)21-22(15-11-17(27)24(30)20(13-15)35-3)28(26(32)25(21)31)16-7-5-4-6-8-16/h4-13,22,29-30H,1-3H3/b23-21+. The van der Waals surface area contributed by atoms with Crippen molar-refractivity contribution in [2.24, 2.45) is 0 Å². The van der Waals surface area contributed by atoms with Crippen molar-refractivity contribution in [3.8, 4) is 23.0 Å². The molecule has 0 bridgehead atoms. The number of ether oxygens (including phenoxy) is 3. The van der Waals surface area contributed by atoms with Gasteiger partial charge in [0.25, 0.3) is 11.7 Å². The van der Waals surface area contributed by atoms with Crippen LogP contribution in [0.1, 0.15) is 17.2 Å². The molecule has 1 fully saturated rings. The molecular weight excluding hydrogens is 474 g/mol. The lowest BCUT2D eigenvalue weighted by molar-refractivity contribution is -0.132. The summed E-state index contributed by atoms with van der Waals surface area (Å²) in [6, 6.07) is 15.0. The minimum Gasteiger partial charge on any atom is -0.507 e. The fraction of sp³-hybridized carbons (Fsp3) is 0.154. The average molecular weight is 496 g/mol. The van der Waals surface area contributed by atoms with Gasteiger partial charge in [0.05, 0.1) is 38.0 Å². The van der Waals surface area contributed by atoms with Crippen LogP contribution in [0.25, 0.3) is 5.76 Å². The SMILES string of the molecule is COc1ccc(/C(O)=C2\C(=O)C(=O)N(c3ccccc3)C2c2cc(Cl)c(O)c(OC)c2)cc1OC. The Morgan fingerprint density at radius 2 is 1.54 bits per heavy atom. The molecule has 1 amide bonds. The zero-order valence-electron chi connectivity index (χ0n) is 19.1. The van der Waals surface area contributed by atoms with Crippen LogP contribution < -0.4 is 19.1 Å². The number of benzene rings is 3. The third-order valence-electron chi connectivity index (χ3n) is 5.72. The highest BCUT2D eigenvalue weighted by Gasteiger charge is 2.47. The van der Waals surface area contributed by atoms with Gasteiger partial charge < -0.3 is 24.4 Å². The molecule has 1 aliphatic heterocycles. The number of amides is 1. The Hall–Kier alpha value is -4.17. The number of halogens is 1. The summed E-state index contributed by atoms with van der Waals surface area (Å²) in [5.41, 5.74) is 0.884. The topological polar surface area (TPSA) is 106 Å². The van der Waals surface area contributed by atoms with Gasteiger partial charge in [0.1, 0.15) is 5.76 Å². The number of Topliss-reactive ketones (excluding diaryl/α,β-unsaturated/α-hetero) is 1. The van der Waals surface area contributed by atoms with Gasteiger partial charge >= 0.3 is 0 Å². The van der Waals surface area contributed by atoms with Gasteiger partial charge in [-0.05, 0) is 48.0 Å². The molecule has 0 aliphatic carbocycles. The number of phenolic OH excluding ortho intramolecular Hbond substituents is 1. The number of para-hydroxylation sites is 1. The second-order valence-electron chi connectivity index (χ2n) is 7.63. The van der Waals surface area contributed by atoms with Gasteiger partial charge in [-0.25, -0.2) is 0 Å². The first-order chi connectivity index (χ1) is 16.8. The average Bonchev–Trinajstić information content (AvgIpc) is 3.15. The molecule has 0 spiro atoms. The van der Waals surface area contributed by atoms with Crippen LogP contribution >= 0.6 is 11.6 Å². The van der Waals surface area contributed by atoms with E-state index in [1.807, 2.05) is 0 Å². The number of carbonyl (C=O) groups excluding carboxylic acids is 2. The summed E-state index contributed by atoms with van der Waals surface area (Å²) in [6.07, 6.45) is 0. The molecule has 4 rings (SSSR count). The molecule has 1 heterocycles. The van der Waals surface area contributed by atoms with E-state index in [0.29, 0.717) is 22.7 Å². The first-order valence-electron chi connectivity index (χ1n) is 10.5. The van der Waals surface area contributed by atoms with Gasteiger partial charge in [-0.1, -0.05) is 29.8 Å². The van der Waals surface area contributed by atoms with E-state index < -0.39 is 23.5 Å². The maximum atomic E-state index is 13.3. The van der Waals surface area contributed by atoms with E-state index in [4.69, 9.17) is 25.8 Å². The third kappa shape index (κ3) is 4.13. The second-order valence-corrected chi connectivity index (χ2v) is 8.04. The number of hydrogen-bond acceptors (Lipinski definition) is 7. The summed E-state index contributed by atoms with van der Waals surface area (Å²) < 4.78 is 15.8. The monoisotopic (exact) mass is 495 g/mol. The van der Waals surface area contributed by atoms with Crippen molar-refractivity contribution in [3.63, 3.8) is 0 Å². The van der Waals surface area contributed by atoms with Crippen LogP contribution in [0.4, 0.5) is 5.69 Å². The lowest BCUT2D eigenvalue weighted by Crippen LogP contribution is -2.29. The van der Waals surface area contributed by atoms with E-state index in [1.54, 1.807) is 42.5 Å². The van der Waals surface area contributed by atoms with Gasteiger partial charge in [-0.2, -0.15) is 0 Å². The van der Waals surface area contributed by atoms with Gasteiger partial charge in [-0.15, -0.1) is 0 Å². The van der Waals surface area contributed by atoms with Gasteiger partial charge in [0.15, 0.2) is 23.0 Å². The van der Waals surface area contributed by atoms with Gasteiger partial charge in [-0.3, -0.25) is 14.5 Å². The van der Waals surface area contributed by atoms with Crippen LogP contribution in [0.15, 0.2) is 66.2 Å². The number of methoxy groups -OCH3 is 3. The van der Waals surface area contributed by atoms with Gasteiger partial charge in [0, 0.05) is 11.3 Å². The molecule has 1 aliphatic rings. The van der Waals surface area contributed by atoms with Crippen LogP contribution in [0.3, 0.4) is 0 Å². The molecule has 3 aromatic carbocycles. The summed E-state index contributed by atoms with van der Waals surface area (Å²) in [5, 5.41) is 21.5. The highest BCUT2D eigenvalue weighted by atomic mass is 35.5. The number of phenols is 1. The molecule has 8 nitrogen and oxygen atoms in total. The van der Waals surface area contributed by atoms with E-state index in [0.717, 1.165) is 0 Å². The van der Waals surface area contributed by atoms with Crippen LogP contribution in [0, 0.1) is 0 Å². The van der Waals surface area contributed by atoms with Crippen molar-refractivity contribution in [2.75, 3.05) is 26.2 Å². The number of ketones is 1. The van der Waals surface area contributed by atoms with Crippen LogP contribution in [0.5, 0.6) is 23.0 Å². The number of rotatable bonds is 6. The number of anilines is 1. The molecule has 0 radical (unpaired) electrons. The van der Waals surface area contributed by atoms with Crippen molar-refractivity contribution in [1.29, 1.82) is 0 Å². The highest BCUT2D eigenvalue weighted by molar-refractivity contribution is 6.51. The largest absolute Gasteiger partial charge is 0.507 e. The van der Waals surface area contributed by atoms with Crippen molar-refractivity contribution in [1.82, 2.24) is 0 Å². The normalized spacial score (nSPS) is 16.9. The molecular formula is C26H22ClNO7. The summed E-state index contributed by atoms with van der Waals surface area (Å²) in [4.78, 5) is 27.8. The number of aromatic hydroxyl groups is 1. The molecule has 35 heavy (non-hydrogen) atoms. The molecule has 2 N–H and O–H groups in total. The van der Waals surface area contributed by atoms with E-state index in [-0.39, 0.29) is 27.7 Å². The molecule has 180 valence electrons. The molecule has 0 saturated carbocycles. The van der Waals surface area contributed by atoms with E-state index in [1.165, 1.54) is 44.4 Å². The molecule has 1 atom stereocenters. The summed E-state index contributed by atoms with van der Waals surface area (Å²) in [5.74, 6) is -1.58. The number of nitrogens with zero attached hydrogens (tertiary/aromatic N) is 1. The maximum absolute atomic E-state index is 13.3.